The standard InChI is InChI=1S/C18H21N5S/c1-13-11-19-17(20-12-13)22(2)14-7-9-23(10-8-14)18-21-15-5-3-4-6-16(15)24-18/h3-6,11-12,14H,7-10H2,1-2H3. The molecule has 0 N–H and O–H groups in total. The maximum Gasteiger partial charge on any atom is 0.225 e. The zero-order valence-electron chi connectivity index (χ0n) is 14.0. The van der Waals surface area contributed by atoms with Crippen molar-refractivity contribution in [3.05, 3.63) is 42.2 Å². The van der Waals surface area contributed by atoms with Crippen LogP contribution in [0.3, 0.4) is 0 Å². The zero-order valence-corrected chi connectivity index (χ0v) is 14.8. The molecular formula is C18H21N5S. The molecule has 24 heavy (non-hydrogen) atoms. The molecule has 3 aromatic rings. The summed E-state index contributed by atoms with van der Waals surface area (Å²) in [6.45, 7) is 4.07. The first kappa shape index (κ1) is 15.3. The molecule has 1 aliphatic heterocycles. The first-order valence-electron chi connectivity index (χ1n) is 8.33. The Labute approximate surface area is 146 Å². The van der Waals surface area contributed by atoms with Gasteiger partial charge in [0.25, 0.3) is 0 Å². The van der Waals surface area contributed by atoms with Gasteiger partial charge in [0.1, 0.15) is 0 Å². The second-order valence-corrected chi connectivity index (χ2v) is 7.36. The number of hydrogen-bond acceptors (Lipinski definition) is 6. The summed E-state index contributed by atoms with van der Waals surface area (Å²) in [6.07, 6.45) is 5.97. The number of aromatic nitrogens is 3. The smallest absolute Gasteiger partial charge is 0.225 e. The minimum atomic E-state index is 0.485. The fourth-order valence-electron chi connectivity index (χ4n) is 3.17. The van der Waals surface area contributed by atoms with Gasteiger partial charge in [0.2, 0.25) is 5.95 Å². The number of piperidine rings is 1. The maximum atomic E-state index is 4.78. The first-order valence-corrected chi connectivity index (χ1v) is 9.14. The topological polar surface area (TPSA) is 45.2 Å². The highest BCUT2D eigenvalue weighted by Gasteiger charge is 2.25. The van der Waals surface area contributed by atoms with Crippen LogP contribution in [0.25, 0.3) is 10.2 Å². The number of benzene rings is 1. The van der Waals surface area contributed by atoms with Crippen LogP contribution in [0.15, 0.2) is 36.7 Å². The normalized spacial score (nSPS) is 15.8. The second-order valence-electron chi connectivity index (χ2n) is 6.35. The van der Waals surface area contributed by atoms with Crippen molar-refractivity contribution in [1.82, 2.24) is 15.0 Å². The van der Waals surface area contributed by atoms with Crippen LogP contribution in [0.2, 0.25) is 0 Å². The highest BCUT2D eigenvalue weighted by molar-refractivity contribution is 7.22. The summed E-state index contributed by atoms with van der Waals surface area (Å²) in [7, 11) is 2.10. The summed E-state index contributed by atoms with van der Waals surface area (Å²) in [5.74, 6) is 0.819. The van der Waals surface area contributed by atoms with Crippen LogP contribution in [0.5, 0.6) is 0 Å². The number of para-hydroxylation sites is 1. The monoisotopic (exact) mass is 339 g/mol. The lowest BCUT2D eigenvalue weighted by Gasteiger charge is -2.36. The maximum absolute atomic E-state index is 4.78. The summed E-state index contributed by atoms with van der Waals surface area (Å²) in [4.78, 5) is 18.3. The summed E-state index contributed by atoms with van der Waals surface area (Å²) < 4.78 is 1.26. The van der Waals surface area contributed by atoms with Gasteiger partial charge in [-0.1, -0.05) is 23.5 Å². The van der Waals surface area contributed by atoms with Gasteiger partial charge in [-0.25, -0.2) is 15.0 Å². The molecule has 0 bridgehead atoms. The van der Waals surface area contributed by atoms with Gasteiger partial charge in [-0.3, -0.25) is 0 Å². The minimum absolute atomic E-state index is 0.485. The average molecular weight is 339 g/mol. The average Bonchev–Trinajstić information content (AvgIpc) is 3.06. The van der Waals surface area contributed by atoms with E-state index in [2.05, 4.69) is 51.1 Å². The SMILES string of the molecule is Cc1cnc(N(C)C2CCN(c3nc4ccccc4s3)CC2)nc1. The number of anilines is 2. The third kappa shape index (κ3) is 2.94. The van der Waals surface area contributed by atoms with Crippen LogP contribution in [-0.2, 0) is 0 Å². The molecule has 0 atom stereocenters. The van der Waals surface area contributed by atoms with Crippen LogP contribution in [0.4, 0.5) is 11.1 Å². The molecule has 0 aliphatic carbocycles. The van der Waals surface area contributed by atoms with Crippen molar-refractivity contribution in [3.8, 4) is 0 Å². The predicted octanol–water partition coefficient (Wildman–Crippen LogP) is 3.50. The number of nitrogens with zero attached hydrogens (tertiary/aromatic N) is 5. The van der Waals surface area contributed by atoms with Crippen molar-refractivity contribution < 1.29 is 0 Å². The van der Waals surface area contributed by atoms with Gasteiger partial charge < -0.3 is 9.80 Å². The number of fused-ring (bicyclic) bond motifs is 1. The lowest BCUT2D eigenvalue weighted by molar-refractivity contribution is 0.477. The lowest BCUT2D eigenvalue weighted by atomic mass is 10.0. The van der Waals surface area contributed by atoms with Gasteiger partial charge in [-0.2, -0.15) is 0 Å². The number of thiazole rings is 1. The van der Waals surface area contributed by atoms with Crippen LogP contribution in [-0.4, -0.2) is 41.1 Å². The van der Waals surface area contributed by atoms with E-state index < -0.39 is 0 Å². The van der Waals surface area contributed by atoms with Gasteiger partial charge in [-0.15, -0.1) is 0 Å². The van der Waals surface area contributed by atoms with Gasteiger partial charge >= 0.3 is 0 Å². The Kier molecular flexibility index (Phi) is 4.06. The van der Waals surface area contributed by atoms with Gasteiger partial charge in [0.05, 0.1) is 10.2 Å². The van der Waals surface area contributed by atoms with Crippen molar-refractivity contribution in [2.24, 2.45) is 0 Å². The minimum Gasteiger partial charge on any atom is -0.348 e. The van der Waals surface area contributed by atoms with Crippen LogP contribution < -0.4 is 9.80 Å². The van der Waals surface area contributed by atoms with Crippen LogP contribution in [0.1, 0.15) is 18.4 Å². The highest BCUT2D eigenvalue weighted by Crippen LogP contribution is 2.31. The number of hydrogen-bond donors (Lipinski definition) is 0. The van der Waals surface area contributed by atoms with E-state index in [1.165, 1.54) is 4.70 Å². The van der Waals surface area contributed by atoms with E-state index in [-0.39, 0.29) is 0 Å². The molecule has 0 amide bonds. The second kappa shape index (κ2) is 6.36. The zero-order chi connectivity index (χ0) is 16.5. The Balaban J connectivity index is 1.43. The third-order valence-electron chi connectivity index (χ3n) is 4.65. The van der Waals surface area contributed by atoms with Crippen LogP contribution >= 0.6 is 11.3 Å². The lowest BCUT2D eigenvalue weighted by Crippen LogP contribution is -2.44. The molecule has 4 rings (SSSR count). The molecule has 0 spiro atoms. The molecule has 0 radical (unpaired) electrons. The Morgan fingerprint density at radius 2 is 1.83 bits per heavy atom. The third-order valence-corrected chi connectivity index (χ3v) is 5.75. The van der Waals surface area contributed by atoms with Crippen molar-refractivity contribution in [2.45, 2.75) is 25.8 Å². The van der Waals surface area contributed by atoms with Crippen molar-refractivity contribution in [2.75, 3.05) is 29.9 Å². The quantitative estimate of drug-likeness (QED) is 0.731. The van der Waals surface area contributed by atoms with Gasteiger partial charge in [0, 0.05) is 38.6 Å². The van der Waals surface area contributed by atoms with E-state index >= 15 is 0 Å². The molecule has 2 aromatic heterocycles. The number of aryl methyl sites for hydroxylation is 1. The first-order chi connectivity index (χ1) is 11.7. The number of rotatable bonds is 3. The van der Waals surface area contributed by atoms with E-state index in [0.717, 1.165) is 48.1 Å². The summed E-state index contributed by atoms with van der Waals surface area (Å²) in [5.41, 5.74) is 2.20. The Morgan fingerprint density at radius 1 is 1.12 bits per heavy atom. The highest BCUT2D eigenvalue weighted by atomic mass is 32.1. The predicted molar refractivity (Wildman–Crippen MR) is 100 cm³/mol. The molecule has 1 saturated heterocycles. The van der Waals surface area contributed by atoms with Gasteiger partial charge in [0.15, 0.2) is 5.13 Å². The summed E-state index contributed by atoms with van der Waals surface area (Å²) in [6, 6.07) is 8.84. The molecule has 124 valence electrons. The molecule has 5 nitrogen and oxygen atoms in total. The molecule has 6 heteroatoms. The fraction of sp³-hybridized carbons (Fsp3) is 0.389. The van der Waals surface area contributed by atoms with E-state index in [0.29, 0.717) is 6.04 Å². The van der Waals surface area contributed by atoms with E-state index in [4.69, 9.17) is 4.98 Å². The Morgan fingerprint density at radius 3 is 2.54 bits per heavy atom. The van der Waals surface area contributed by atoms with E-state index in [1.807, 2.05) is 19.3 Å². The van der Waals surface area contributed by atoms with Crippen molar-refractivity contribution in [1.29, 1.82) is 0 Å². The van der Waals surface area contributed by atoms with E-state index in [1.54, 1.807) is 11.3 Å². The molecule has 1 aromatic carbocycles. The molecule has 1 fully saturated rings. The fourth-order valence-corrected chi connectivity index (χ4v) is 4.19. The van der Waals surface area contributed by atoms with Crippen molar-refractivity contribution >= 4 is 32.6 Å². The molecule has 0 unspecified atom stereocenters. The summed E-state index contributed by atoms with van der Waals surface area (Å²) in [5, 5.41) is 1.14. The largest absolute Gasteiger partial charge is 0.348 e. The van der Waals surface area contributed by atoms with E-state index in [9.17, 15) is 0 Å². The van der Waals surface area contributed by atoms with Crippen molar-refractivity contribution in [3.63, 3.8) is 0 Å². The summed E-state index contributed by atoms with van der Waals surface area (Å²) >= 11 is 1.79. The Hall–Kier alpha value is -2.21. The van der Waals surface area contributed by atoms with Gasteiger partial charge in [-0.05, 0) is 37.5 Å². The molecule has 0 saturated carbocycles. The Bertz CT molecular complexity index is 788. The molecule has 1 aliphatic rings. The molecule has 3 heterocycles. The molecular weight excluding hydrogens is 318 g/mol. The van der Waals surface area contributed by atoms with Crippen LogP contribution in [0, 0.1) is 6.92 Å².